The number of fused-ring (bicyclic) bond motifs is 1. The number of carbonyl (C=O) groups is 1. The van der Waals surface area contributed by atoms with Crippen LogP contribution < -0.4 is 5.32 Å². The Bertz CT molecular complexity index is 1150. The fourth-order valence-electron chi connectivity index (χ4n) is 3.30. The molecule has 0 saturated carbocycles. The summed E-state index contributed by atoms with van der Waals surface area (Å²) >= 11 is 7.46. The molecule has 0 bridgehead atoms. The van der Waals surface area contributed by atoms with Gasteiger partial charge in [-0.25, -0.2) is 8.42 Å². The first-order chi connectivity index (χ1) is 12.9. The number of carbonyl (C=O) groups excluding carboxylic acids is 1. The Hall–Kier alpha value is -2.15. The van der Waals surface area contributed by atoms with Gasteiger partial charge in [-0.05, 0) is 42.3 Å². The van der Waals surface area contributed by atoms with Crippen LogP contribution in [0, 0.1) is 6.92 Å². The minimum Gasteiger partial charge on any atom is -0.324 e. The first-order valence-corrected chi connectivity index (χ1v) is 11.1. The van der Waals surface area contributed by atoms with E-state index < -0.39 is 9.84 Å². The van der Waals surface area contributed by atoms with Gasteiger partial charge in [-0.3, -0.25) is 4.79 Å². The van der Waals surface area contributed by atoms with Gasteiger partial charge in [0, 0.05) is 27.6 Å². The summed E-state index contributed by atoms with van der Waals surface area (Å²) in [5.74, 6) is -0.412. The average molecular weight is 418 g/mol. The molecule has 7 heteroatoms. The summed E-state index contributed by atoms with van der Waals surface area (Å²) in [5.41, 5.74) is 2.16. The molecule has 0 saturated heterocycles. The smallest absolute Gasteiger partial charge is 0.225 e. The topological polar surface area (TPSA) is 63.2 Å². The number of benzene rings is 2. The van der Waals surface area contributed by atoms with Crippen molar-refractivity contribution in [2.45, 2.75) is 29.1 Å². The third kappa shape index (κ3) is 3.29. The lowest BCUT2D eigenvalue weighted by Crippen LogP contribution is -2.23. The van der Waals surface area contributed by atoms with Gasteiger partial charge in [0.15, 0.2) is 0 Å². The summed E-state index contributed by atoms with van der Waals surface area (Å²) in [7, 11) is -3.73. The fourth-order valence-corrected chi connectivity index (χ4v) is 6.52. The molecule has 1 atom stereocenters. The maximum Gasteiger partial charge on any atom is 0.225 e. The van der Waals surface area contributed by atoms with E-state index in [-0.39, 0.29) is 28.0 Å². The second-order valence-electron chi connectivity index (χ2n) is 6.52. The quantitative estimate of drug-likeness (QED) is 0.651. The fraction of sp³-hybridized carbons (Fsp3) is 0.150. The lowest BCUT2D eigenvalue weighted by Gasteiger charge is -2.24. The molecule has 0 spiro atoms. The van der Waals surface area contributed by atoms with Crippen LogP contribution in [0.2, 0.25) is 5.02 Å². The summed E-state index contributed by atoms with van der Waals surface area (Å²) < 4.78 is 26.3. The van der Waals surface area contributed by atoms with Crippen LogP contribution in [-0.4, -0.2) is 14.3 Å². The number of hydrogen-bond donors (Lipinski definition) is 1. The Morgan fingerprint density at radius 2 is 1.93 bits per heavy atom. The van der Waals surface area contributed by atoms with Crippen molar-refractivity contribution in [1.29, 1.82) is 0 Å². The van der Waals surface area contributed by atoms with Gasteiger partial charge in [-0.1, -0.05) is 35.9 Å². The molecule has 0 aliphatic carbocycles. The van der Waals surface area contributed by atoms with E-state index in [9.17, 15) is 13.2 Å². The molecular formula is C20H16ClNO3S2. The first kappa shape index (κ1) is 18.2. The highest BCUT2D eigenvalue weighted by Gasteiger charge is 2.34. The van der Waals surface area contributed by atoms with Crippen molar-refractivity contribution in [2.24, 2.45) is 0 Å². The Morgan fingerprint density at radius 1 is 1.15 bits per heavy atom. The van der Waals surface area contributed by atoms with E-state index in [1.165, 1.54) is 11.3 Å². The molecule has 1 N–H and O–H groups in total. The van der Waals surface area contributed by atoms with Crippen LogP contribution >= 0.6 is 22.9 Å². The zero-order valence-corrected chi connectivity index (χ0v) is 16.8. The van der Waals surface area contributed by atoms with Crippen molar-refractivity contribution in [3.63, 3.8) is 0 Å². The summed E-state index contributed by atoms with van der Waals surface area (Å²) in [6, 6.07) is 14.1. The van der Waals surface area contributed by atoms with Gasteiger partial charge in [0.1, 0.15) is 4.90 Å². The van der Waals surface area contributed by atoms with Gasteiger partial charge in [0.2, 0.25) is 15.7 Å². The van der Waals surface area contributed by atoms with Gasteiger partial charge in [-0.2, -0.15) is 0 Å². The van der Waals surface area contributed by atoms with Crippen LogP contribution in [0.4, 0.5) is 5.69 Å². The first-order valence-electron chi connectivity index (χ1n) is 8.35. The van der Waals surface area contributed by atoms with Crippen LogP contribution in [0.3, 0.4) is 0 Å². The Morgan fingerprint density at radius 3 is 2.67 bits per heavy atom. The number of sulfone groups is 1. The standard InChI is InChI=1S/C20H16ClNO3S2/c1-12-4-2-7-15(8-12)27(24,25)17-11-26-20-16(10-18(23)22-19(17)20)13-5-3-6-14(21)9-13/h2-9,11,16H,10H2,1H3,(H,22,23)/t16-/m1/s1. The van der Waals surface area contributed by atoms with Crippen molar-refractivity contribution in [2.75, 3.05) is 5.32 Å². The van der Waals surface area contributed by atoms with Crippen molar-refractivity contribution < 1.29 is 13.2 Å². The van der Waals surface area contributed by atoms with E-state index >= 15 is 0 Å². The van der Waals surface area contributed by atoms with Gasteiger partial charge < -0.3 is 5.32 Å². The summed E-state index contributed by atoms with van der Waals surface area (Å²) in [6.07, 6.45) is 0.262. The molecule has 0 fully saturated rings. The molecule has 0 unspecified atom stereocenters. The van der Waals surface area contributed by atoms with Crippen LogP contribution in [0.5, 0.6) is 0 Å². The lowest BCUT2D eigenvalue weighted by atomic mass is 9.91. The minimum absolute atomic E-state index is 0.146. The predicted molar refractivity (Wildman–Crippen MR) is 107 cm³/mol. The third-order valence-electron chi connectivity index (χ3n) is 4.60. The third-order valence-corrected chi connectivity index (χ3v) is 7.85. The highest BCUT2D eigenvalue weighted by molar-refractivity contribution is 7.91. The minimum atomic E-state index is -3.73. The zero-order valence-electron chi connectivity index (χ0n) is 14.4. The van der Waals surface area contributed by atoms with Gasteiger partial charge in [0.25, 0.3) is 0 Å². The highest BCUT2D eigenvalue weighted by atomic mass is 35.5. The van der Waals surface area contributed by atoms with Gasteiger partial charge >= 0.3 is 0 Å². The van der Waals surface area contributed by atoms with E-state index in [0.29, 0.717) is 10.7 Å². The van der Waals surface area contributed by atoms with Crippen LogP contribution in [0.15, 0.2) is 63.7 Å². The Labute approximate surface area is 166 Å². The molecule has 0 radical (unpaired) electrons. The Kier molecular flexibility index (Phi) is 4.58. The summed E-state index contributed by atoms with van der Waals surface area (Å²) in [4.78, 5) is 13.5. The largest absolute Gasteiger partial charge is 0.324 e. The molecule has 1 aliphatic rings. The van der Waals surface area contributed by atoms with Crippen molar-refractivity contribution >= 4 is 44.4 Å². The molecule has 4 rings (SSSR count). The van der Waals surface area contributed by atoms with Crippen molar-refractivity contribution in [3.05, 3.63) is 74.9 Å². The molecular weight excluding hydrogens is 402 g/mol. The van der Waals surface area contributed by atoms with Crippen molar-refractivity contribution in [3.8, 4) is 0 Å². The summed E-state index contributed by atoms with van der Waals surface area (Å²) in [6.45, 7) is 1.85. The molecule has 27 heavy (non-hydrogen) atoms. The number of aryl methyl sites for hydroxylation is 1. The van der Waals surface area contributed by atoms with Crippen LogP contribution in [-0.2, 0) is 14.6 Å². The molecule has 4 nitrogen and oxygen atoms in total. The van der Waals surface area contributed by atoms with E-state index in [1.54, 1.807) is 29.6 Å². The number of halogens is 1. The average Bonchev–Trinajstić information content (AvgIpc) is 3.05. The zero-order chi connectivity index (χ0) is 19.2. The van der Waals surface area contributed by atoms with Gasteiger partial charge in [-0.15, -0.1) is 11.3 Å². The molecule has 2 heterocycles. The maximum absolute atomic E-state index is 13.2. The maximum atomic E-state index is 13.2. The van der Waals surface area contributed by atoms with Gasteiger partial charge in [0.05, 0.1) is 10.6 Å². The van der Waals surface area contributed by atoms with E-state index in [0.717, 1.165) is 16.0 Å². The predicted octanol–water partition coefficient (Wildman–Crippen LogP) is 5.02. The monoisotopic (exact) mass is 417 g/mol. The summed E-state index contributed by atoms with van der Waals surface area (Å²) in [5, 5.41) is 4.98. The number of amides is 1. The number of anilines is 1. The van der Waals surface area contributed by atoms with Crippen molar-refractivity contribution in [1.82, 2.24) is 0 Å². The number of rotatable bonds is 3. The normalized spacial score (nSPS) is 16.7. The lowest BCUT2D eigenvalue weighted by molar-refractivity contribution is -0.116. The van der Waals surface area contributed by atoms with E-state index in [2.05, 4.69) is 5.32 Å². The van der Waals surface area contributed by atoms with Crippen LogP contribution in [0.1, 0.15) is 28.3 Å². The second-order valence-corrected chi connectivity index (χ2v) is 9.78. The molecule has 138 valence electrons. The number of hydrogen-bond acceptors (Lipinski definition) is 4. The molecule has 3 aromatic rings. The second kappa shape index (κ2) is 6.78. The molecule has 1 aromatic heterocycles. The molecule has 1 aliphatic heterocycles. The number of nitrogens with one attached hydrogen (secondary N) is 1. The molecule has 1 amide bonds. The SMILES string of the molecule is Cc1cccc(S(=O)(=O)c2csc3c2NC(=O)C[C@@H]3c2cccc(Cl)c2)c1. The Balaban J connectivity index is 1.85. The highest BCUT2D eigenvalue weighted by Crippen LogP contribution is 2.46. The molecule has 2 aromatic carbocycles. The van der Waals surface area contributed by atoms with E-state index in [4.69, 9.17) is 11.6 Å². The number of thiophene rings is 1. The van der Waals surface area contributed by atoms with E-state index in [1.807, 2.05) is 31.2 Å². The van der Waals surface area contributed by atoms with Crippen LogP contribution in [0.25, 0.3) is 0 Å².